The third-order valence-corrected chi connectivity index (χ3v) is 2.71. The Morgan fingerprint density at radius 1 is 1.39 bits per heavy atom. The number of aliphatic hydroxyl groups is 1. The molecule has 0 amide bonds. The first kappa shape index (κ1) is 12.4. The van der Waals surface area contributed by atoms with Crippen molar-refractivity contribution in [1.29, 1.82) is 5.26 Å². The summed E-state index contributed by atoms with van der Waals surface area (Å²) in [6.07, 6.45) is -1.11. The topological polar surface area (TPSA) is 57.2 Å². The molecule has 1 N–H and O–H groups in total. The van der Waals surface area contributed by atoms with Crippen molar-refractivity contribution in [2.24, 2.45) is 0 Å². The molecule has 0 saturated heterocycles. The second kappa shape index (κ2) is 5.09. The van der Waals surface area contributed by atoms with Gasteiger partial charge in [-0.1, -0.05) is 30.3 Å². The minimum atomic E-state index is -1.11. The molecule has 1 heterocycles. The van der Waals surface area contributed by atoms with E-state index in [2.05, 4.69) is 6.58 Å². The van der Waals surface area contributed by atoms with Crippen molar-refractivity contribution in [2.45, 2.75) is 6.10 Å². The molecule has 2 aromatic rings. The van der Waals surface area contributed by atoms with Crippen LogP contribution in [0.15, 0.2) is 53.0 Å². The zero-order valence-electron chi connectivity index (χ0n) is 9.43. The van der Waals surface area contributed by atoms with Gasteiger partial charge in [-0.3, -0.25) is 0 Å². The summed E-state index contributed by atoms with van der Waals surface area (Å²) < 4.78 is 5.49. The van der Waals surface area contributed by atoms with Gasteiger partial charge in [0.15, 0.2) is 0 Å². The third-order valence-electron chi connectivity index (χ3n) is 2.48. The molecule has 0 fully saturated rings. The summed E-state index contributed by atoms with van der Waals surface area (Å²) >= 11 is 5.89. The zero-order valence-corrected chi connectivity index (χ0v) is 10.2. The Balaban J connectivity index is 2.32. The summed E-state index contributed by atoms with van der Waals surface area (Å²) in [6.45, 7) is 3.45. The van der Waals surface area contributed by atoms with E-state index >= 15 is 0 Å². The monoisotopic (exact) mass is 259 g/mol. The van der Waals surface area contributed by atoms with Crippen molar-refractivity contribution >= 4 is 11.6 Å². The number of nitriles is 1. The Morgan fingerprint density at radius 2 is 2.17 bits per heavy atom. The van der Waals surface area contributed by atoms with Crippen LogP contribution < -0.4 is 0 Å². The van der Waals surface area contributed by atoms with Gasteiger partial charge in [-0.05, 0) is 24.3 Å². The summed E-state index contributed by atoms with van der Waals surface area (Å²) in [5.74, 6) is 0.869. The molecule has 0 saturated carbocycles. The van der Waals surface area contributed by atoms with Gasteiger partial charge in [-0.2, -0.15) is 5.26 Å². The van der Waals surface area contributed by atoms with Crippen LogP contribution in [0.2, 0.25) is 5.02 Å². The van der Waals surface area contributed by atoms with Crippen molar-refractivity contribution in [3.8, 4) is 17.4 Å². The Hall–Kier alpha value is -2.02. The largest absolute Gasteiger partial charge is 0.458 e. The van der Waals surface area contributed by atoms with Gasteiger partial charge in [-0.25, -0.2) is 0 Å². The number of benzene rings is 1. The van der Waals surface area contributed by atoms with Crippen molar-refractivity contribution in [2.75, 3.05) is 0 Å². The molecule has 1 aromatic carbocycles. The summed E-state index contributed by atoms with van der Waals surface area (Å²) in [5, 5.41) is 19.0. The molecule has 4 heteroatoms. The van der Waals surface area contributed by atoms with Gasteiger partial charge in [0.1, 0.15) is 17.6 Å². The molecular weight excluding hydrogens is 250 g/mol. The fraction of sp³-hybridized carbons (Fsp3) is 0.0714. The van der Waals surface area contributed by atoms with Crippen LogP contribution in [-0.4, -0.2) is 5.11 Å². The lowest BCUT2D eigenvalue weighted by Crippen LogP contribution is -1.96. The van der Waals surface area contributed by atoms with Gasteiger partial charge in [0.25, 0.3) is 0 Å². The predicted molar refractivity (Wildman–Crippen MR) is 68.9 cm³/mol. The summed E-state index contributed by atoms with van der Waals surface area (Å²) in [7, 11) is 0. The molecule has 0 aliphatic carbocycles. The summed E-state index contributed by atoms with van der Waals surface area (Å²) in [5.41, 5.74) is 0.852. The molecular formula is C14H10ClNO2. The maximum absolute atomic E-state index is 9.76. The predicted octanol–water partition coefficient (Wildman–Crippen LogP) is 3.71. The van der Waals surface area contributed by atoms with Crippen LogP contribution in [0.1, 0.15) is 11.9 Å². The molecule has 0 radical (unpaired) electrons. The van der Waals surface area contributed by atoms with Crippen LogP contribution in [0, 0.1) is 11.3 Å². The first-order chi connectivity index (χ1) is 8.61. The van der Waals surface area contributed by atoms with Crippen LogP contribution in [0.25, 0.3) is 11.3 Å². The Labute approximate surface area is 110 Å². The summed E-state index contributed by atoms with van der Waals surface area (Å²) in [6, 6.07) is 12.3. The average Bonchev–Trinajstić information content (AvgIpc) is 2.86. The van der Waals surface area contributed by atoms with Crippen molar-refractivity contribution in [1.82, 2.24) is 0 Å². The Bertz CT molecular complexity index is 625. The van der Waals surface area contributed by atoms with Crippen LogP contribution in [0.5, 0.6) is 0 Å². The van der Waals surface area contributed by atoms with Crippen molar-refractivity contribution in [3.63, 3.8) is 0 Å². The van der Waals surface area contributed by atoms with Gasteiger partial charge in [-0.15, -0.1) is 0 Å². The van der Waals surface area contributed by atoms with Gasteiger partial charge in [0, 0.05) is 10.6 Å². The van der Waals surface area contributed by atoms with E-state index in [-0.39, 0.29) is 11.3 Å². The lowest BCUT2D eigenvalue weighted by atomic mass is 10.1. The molecule has 18 heavy (non-hydrogen) atoms. The lowest BCUT2D eigenvalue weighted by Gasteiger charge is -2.04. The molecule has 90 valence electrons. The van der Waals surface area contributed by atoms with Crippen LogP contribution >= 0.6 is 11.6 Å². The molecule has 1 unspecified atom stereocenters. The van der Waals surface area contributed by atoms with Gasteiger partial charge in [0.2, 0.25) is 0 Å². The molecule has 1 atom stereocenters. The maximum atomic E-state index is 9.76. The highest BCUT2D eigenvalue weighted by Gasteiger charge is 2.16. The highest BCUT2D eigenvalue weighted by atomic mass is 35.5. The SMILES string of the molecule is C=C(C#N)C(O)c1ccc(-c2cccc(Cl)c2)o1. The second-order valence-corrected chi connectivity index (χ2v) is 4.19. The fourth-order valence-corrected chi connectivity index (χ4v) is 1.72. The average molecular weight is 260 g/mol. The Morgan fingerprint density at radius 3 is 2.83 bits per heavy atom. The van der Waals surface area contributed by atoms with E-state index in [4.69, 9.17) is 21.3 Å². The van der Waals surface area contributed by atoms with E-state index < -0.39 is 6.10 Å². The first-order valence-electron chi connectivity index (χ1n) is 5.24. The quantitative estimate of drug-likeness (QED) is 0.855. The number of aliphatic hydroxyl groups excluding tert-OH is 1. The highest BCUT2D eigenvalue weighted by Crippen LogP contribution is 2.29. The van der Waals surface area contributed by atoms with E-state index in [1.807, 2.05) is 12.1 Å². The number of furan rings is 1. The minimum Gasteiger partial charge on any atom is -0.458 e. The number of nitrogens with zero attached hydrogens (tertiary/aromatic N) is 1. The first-order valence-corrected chi connectivity index (χ1v) is 5.62. The van der Waals surface area contributed by atoms with E-state index in [0.29, 0.717) is 10.8 Å². The number of halogens is 1. The normalized spacial score (nSPS) is 11.8. The molecule has 2 rings (SSSR count). The fourth-order valence-electron chi connectivity index (χ4n) is 1.53. The third kappa shape index (κ3) is 2.45. The van der Waals surface area contributed by atoms with Gasteiger partial charge >= 0.3 is 0 Å². The molecule has 0 aliphatic rings. The van der Waals surface area contributed by atoms with Crippen molar-refractivity contribution in [3.05, 3.63) is 59.3 Å². The highest BCUT2D eigenvalue weighted by molar-refractivity contribution is 6.30. The standard InChI is InChI=1S/C14H10ClNO2/c1-9(8-16)14(17)13-6-5-12(18-13)10-3-2-4-11(15)7-10/h2-7,14,17H,1H2. The molecule has 3 nitrogen and oxygen atoms in total. The van der Waals surface area contributed by atoms with Crippen LogP contribution in [0.4, 0.5) is 0 Å². The zero-order chi connectivity index (χ0) is 13.1. The maximum Gasteiger partial charge on any atom is 0.146 e. The van der Waals surface area contributed by atoms with Gasteiger partial charge in [0.05, 0.1) is 11.6 Å². The smallest absolute Gasteiger partial charge is 0.146 e. The number of rotatable bonds is 3. The van der Waals surface area contributed by atoms with Crippen LogP contribution in [0.3, 0.4) is 0 Å². The Kier molecular flexibility index (Phi) is 3.52. The second-order valence-electron chi connectivity index (χ2n) is 3.75. The number of hydrogen-bond acceptors (Lipinski definition) is 3. The lowest BCUT2D eigenvalue weighted by molar-refractivity contribution is 0.191. The molecule has 0 aliphatic heterocycles. The van der Waals surface area contributed by atoms with Crippen LogP contribution in [-0.2, 0) is 0 Å². The van der Waals surface area contributed by atoms with E-state index in [9.17, 15) is 5.11 Å². The van der Waals surface area contributed by atoms with Crippen molar-refractivity contribution < 1.29 is 9.52 Å². The number of hydrogen-bond donors (Lipinski definition) is 1. The minimum absolute atomic E-state index is 0.0435. The van der Waals surface area contributed by atoms with Gasteiger partial charge < -0.3 is 9.52 Å². The molecule has 1 aromatic heterocycles. The van der Waals surface area contributed by atoms with E-state index in [1.165, 1.54) is 0 Å². The van der Waals surface area contributed by atoms with E-state index in [1.54, 1.807) is 30.3 Å². The summed E-state index contributed by atoms with van der Waals surface area (Å²) in [4.78, 5) is 0. The van der Waals surface area contributed by atoms with E-state index in [0.717, 1.165) is 5.56 Å². The molecule has 0 spiro atoms. The molecule has 0 bridgehead atoms.